The van der Waals surface area contributed by atoms with Crippen LogP contribution >= 0.6 is 0 Å². The van der Waals surface area contributed by atoms with Crippen LogP contribution in [0, 0.1) is 5.92 Å². The number of carbonyl (C=O) groups excluding carboxylic acids is 1. The van der Waals surface area contributed by atoms with Crippen molar-refractivity contribution in [2.24, 2.45) is 5.92 Å². The maximum atomic E-state index is 12.8. The predicted octanol–water partition coefficient (Wildman–Crippen LogP) is 0.582. The molecule has 1 N–H and O–H groups in total. The molecule has 1 amide bonds. The number of ether oxygens (including phenoxy) is 1. The summed E-state index contributed by atoms with van der Waals surface area (Å²) in [5, 5.41) is 2.82. The highest BCUT2D eigenvalue weighted by Crippen LogP contribution is 2.23. The molecule has 0 aromatic heterocycles. The van der Waals surface area contributed by atoms with Crippen LogP contribution in [0.2, 0.25) is 0 Å². The Hall–Kier alpha value is -0.700. The zero-order valence-electron chi connectivity index (χ0n) is 14.0. The maximum absolute atomic E-state index is 12.8. The van der Waals surface area contributed by atoms with Gasteiger partial charge in [0.2, 0.25) is 5.91 Å². The molecule has 0 bridgehead atoms. The summed E-state index contributed by atoms with van der Waals surface area (Å²) in [6.07, 6.45) is 5.51. The number of rotatable bonds is 6. The van der Waals surface area contributed by atoms with Gasteiger partial charge >= 0.3 is 0 Å². The highest BCUT2D eigenvalue weighted by Gasteiger charge is 2.35. The van der Waals surface area contributed by atoms with Crippen LogP contribution in [0.1, 0.15) is 38.5 Å². The highest BCUT2D eigenvalue weighted by molar-refractivity contribution is 7.86. The summed E-state index contributed by atoms with van der Waals surface area (Å²) >= 11 is 0. The summed E-state index contributed by atoms with van der Waals surface area (Å²) in [6.45, 7) is 2.93. The first kappa shape index (κ1) is 18.6. The molecule has 1 unspecified atom stereocenters. The monoisotopic (exact) mass is 347 g/mol. The summed E-state index contributed by atoms with van der Waals surface area (Å²) in [5.74, 6) is -0.333. The van der Waals surface area contributed by atoms with Gasteiger partial charge in [-0.3, -0.25) is 4.79 Å². The standard InChI is InChI=1S/C15H29N3O4S/c1-22-12-8-16-15(19)14-7-6-11-18(13-14)23(20,21)17-9-4-2-3-5-10-17/h14H,2-13H2,1H3,(H,16,19). The van der Waals surface area contributed by atoms with Gasteiger partial charge in [0, 0.05) is 39.8 Å². The van der Waals surface area contributed by atoms with Crippen molar-refractivity contribution in [3.8, 4) is 0 Å². The van der Waals surface area contributed by atoms with Crippen molar-refractivity contribution in [1.29, 1.82) is 0 Å². The second kappa shape index (κ2) is 8.96. The van der Waals surface area contributed by atoms with Gasteiger partial charge in [0.15, 0.2) is 0 Å². The second-order valence-corrected chi connectivity index (χ2v) is 8.23. The summed E-state index contributed by atoms with van der Waals surface area (Å²) in [5.41, 5.74) is 0. The zero-order valence-corrected chi connectivity index (χ0v) is 14.8. The van der Waals surface area contributed by atoms with Crippen LogP contribution in [0.3, 0.4) is 0 Å². The minimum atomic E-state index is -3.44. The molecular weight excluding hydrogens is 318 g/mol. The molecule has 134 valence electrons. The smallest absolute Gasteiger partial charge is 0.281 e. The van der Waals surface area contributed by atoms with Gasteiger partial charge in [-0.25, -0.2) is 0 Å². The van der Waals surface area contributed by atoms with E-state index in [1.54, 1.807) is 11.4 Å². The third-order valence-corrected chi connectivity index (χ3v) is 6.58. The minimum absolute atomic E-state index is 0.0715. The van der Waals surface area contributed by atoms with Gasteiger partial charge < -0.3 is 10.1 Å². The number of hydrogen-bond donors (Lipinski definition) is 1. The number of nitrogens with one attached hydrogen (secondary N) is 1. The van der Waals surface area contributed by atoms with E-state index in [-0.39, 0.29) is 18.4 Å². The Bertz CT molecular complexity index is 475. The molecule has 8 heteroatoms. The van der Waals surface area contributed by atoms with Crippen molar-refractivity contribution < 1.29 is 17.9 Å². The molecule has 1 atom stereocenters. The molecule has 0 spiro atoms. The maximum Gasteiger partial charge on any atom is 0.281 e. The first-order valence-corrected chi connectivity index (χ1v) is 9.97. The van der Waals surface area contributed by atoms with Gasteiger partial charge in [-0.15, -0.1) is 0 Å². The fraction of sp³-hybridized carbons (Fsp3) is 0.933. The van der Waals surface area contributed by atoms with E-state index in [0.717, 1.165) is 38.5 Å². The summed E-state index contributed by atoms with van der Waals surface area (Å²) in [4.78, 5) is 12.2. The number of piperidine rings is 1. The van der Waals surface area contributed by atoms with Crippen LogP contribution < -0.4 is 5.32 Å². The normalized spacial score (nSPS) is 25.0. The Balaban J connectivity index is 1.94. The molecule has 2 heterocycles. The number of amides is 1. The van der Waals surface area contributed by atoms with Crippen molar-refractivity contribution >= 4 is 16.1 Å². The minimum Gasteiger partial charge on any atom is -0.383 e. The lowest BCUT2D eigenvalue weighted by molar-refractivity contribution is -0.126. The Morgan fingerprint density at radius 1 is 1.09 bits per heavy atom. The summed E-state index contributed by atoms with van der Waals surface area (Å²) in [7, 11) is -1.85. The lowest BCUT2D eigenvalue weighted by Gasteiger charge is -2.34. The van der Waals surface area contributed by atoms with Gasteiger partial charge in [-0.1, -0.05) is 12.8 Å². The van der Waals surface area contributed by atoms with E-state index in [1.165, 1.54) is 4.31 Å². The summed E-state index contributed by atoms with van der Waals surface area (Å²) in [6, 6.07) is 0. The quantitative estimate of drug-likeness (QED) is 0.713. The third-order valence-electron chi connectivity index (χ3n) is 4.58. The highest BCUT2D eigenvalue weighted by atomic mass is 32.2. The van der Waals surface area contributed by atoms with E-state index in [0.29, 0.717) is 32.8 Å². The number of methoxy groups -OCH3 is 1. The van der Waals surface area contributed by atoms with E-state index in [2.05, 4.69) is 5.32 Å². The Kier molecular flexibility index (Phi) is 7.26. The third kappa shape index (κ3) is 5.14. The molecule has 7 nitrogen and oxygen atoms in total. The lowest BCUT2D eigenvalue weighted by atomic mass is 9.99. The van der Waals surface area contributed by atoms with Crippen LogP contribution in [-0.4, -0.2) is 69.4 Å². The lowest BCUT2D eigenvalue weighted by Crippen LogP contribution is -2.50. The average molecular weight is 347 g/mol. The molecule has 0 aromatic carbocycles. The Morgan fingerprint density at radius 3 is 2.39 bits per heavy atom. The van der Waals surface area contributed by atoms with E-state index in [1.807, 2.05) is 0 Å². The molecule has 2 saturated heterocycles. The second-order valence-electron chi connectivity index (χ2n) is 6.30. The Morgan fingerprint density at radius 2 is 1.74 bits per heavy atom. The molecular formula is C15H29N3O4S. The molecule has 2 aliphatic rings. The molecule has 0 aromatic rings. The van der Waals surface area contributed by atoms with Crippen LogP contribution in [0.25, 0.3) is 0 Å². The molecule has 0 radical (unpaired) electrons. The first-order chi connectivity index (χ1) is 11.1. The molecule has 23 heavy (non-hydrogen) atoms. The largest absolute Gasteiger partial charge is 0.383 e. The van der Waals surface area contributed by atoms with Gasteiger partial charge in [-0.2, -0.15) is 17.0 Å². The van der Waals surface area contributed by atoms with E-state index < -0.39 is 10.2 Å². The zero-order chi connectivity index (χ0) is 16.7. The fourth-order valence-corrected chi connectivity index (χ4v) is 5.00. The van der Waals surface area contributed by atoms with Gasteiger partial charge in [0.25, 0.3) is 10.2 Å². The molecule has 2 aliphatic heterocycles. The fourth-order valence-electron chi connectivity index (χ4n) is 3.22. The predicted molar refractivity (Wildman–Crippen MR) is 88.1 cm³/mol. The van der Waals surface area contributed by atoms with Gasteiger partial charge in [0.1, 0.15) is 0 Å². The molecule has 2 rings (SSSR count). The average Bonchev–Trinajstić information content (AvgIpc) is 2.85. The van der Waals surface area contributed by atoms with Crippen LogP contribution in [-0.2, 0) is 19.7 Å². The molecule has 0 aliphatic carbocycles. The Labute approximate surface area is 139 Å². The van der Waals surface area contributed by atoms with E-state index >= 15 is 0 Å². The van der Waals surface area contributed by atoms with Crippen LogP contribution in [0.15, 0.2) is 0 Å². The number of carbonyl (C=O) groups is 1. The topological polar surface area (TPSA) is 79.0 Å². The van der Waals surface area contributed by atoms with Crippen molar-refractivity contribution in [2.45, 2.75) is 38.5 Å². The van der Waals surface area contributed by atoms with Crippen LogP contribution in [0.4, 0.5) is 0 Å². The van der Waals surface area contributed by atoms with E-state index in [9.17, 15) is 13.2 Å². The first-order valence-electron chi connectivity index (χ1n) is 8.57. The van der Waals surface area contributed by atoms with Gasteiger partial charge in [-0.05, 0) is 25.7 Å². The number of nitrogens with zero attached hydrogens (tertiary/aromatic N) is 2. The van der Waals surface area contributed by atoms with Crippen molar-refractivity contribution in [3.63, 3.8) is 0 Å². The van der Waals surface area contributed by atoms with Crippen molar-refractivity contribution in [2.75, 3.05) is 46.4 Å². The van der Waals surface area contributed by atoms with Crippen molar-refractivity contribution in [1.82, 2.24) is 13.9 Å². The SMILES string of the molecule is COCCNC(=O)C1CCCN(S(=O)(=O)N2CCCCCC2)C1. The summed E-state index contributed by atoms with van der Waals surface area (Å²) < 4.78 is 33.7. The number of hydrogen-bond acceptors (Lipinski definition) is 4. The molecule has 2 fully saturated rings. The van der Waals surface area contributed by atoms with Gasteiger partial charge in [0.05, 0.1) is 12.5 Å². The molecule has 0 saturated carbocycles. The van der Waals surface area contributed by atoms with Crippen LogP contribution in [0.5, 0.6) is 0 Å². The van der Waals surface area contributed by atoms with Crippen molar-refractivity contribution in [3.05, 3.63) is 0 Å². The van der Waals surface area contributed by atoms with E-state index in [4.69, 9.17) is 4.74 Å².